The number of aliphatic carboxylic acids is 1. The number of esters is 1. The quantitative estimate of drug-likeness (QED) is 0.732. The average molecular weight is 333 g/mol. The van der Waals surface area contributed by atoms with Gasteiger partial charge in [0.05, 0.1) is 7.11 Å². The zero-order valence-corrected chi connectivity index (χ0v) is 12.8. The maximum absolute atomic E-state index is 12.0. The number of H-pyrrole nitrogens is 1. The van der Waals surface area contributed by atoms with E-state index in [-0.39, 0.29) is 23.8 Å². The van der Waals surface area contributed by atoms with Gasteiger partial charge in [-0.25, -0.2) is 9.59 Å². The molecule has 1 aromatic heterocycles. The zero-order chi connectivity index (χ0) is 17.5. The van der Waals surface area contributed by atoms with Gasteiger partial charge in [-0.15, -0.1) is 0 Å². The second kappa shape index (κ2) is 7.82. The van der Waals surface area contributed by atoms with Crippen LogP contribution in [-0.4, -0.2) is 35.7 Å². The number of aromatic nitrogens is 1. The van der Waals surface area contributed by atoms with Crippen LogP contribution in [0, 0.1) is 0 Å². The predicted molar refractivity (Wildman–Crippen MR) is 82.3 cm³/mol. The van der Waals surface area contributed by atoms with Crippen molar-refractivity contribution in [2.75, 3.05) is 13.7 Å². The molecule has 0 radical (unpaired) electrons. The van der Waals surface area contributed by atoms with Crippen molar-refractivity contribution in [3.63, 3.8) is 0 Å². The number of benzene rings is 1. The van der Waals surface area contributed by atoms with E-state index in [1.54, 1.807) is 0 Å². The molecule has 24 heavy (non-hydrogen) atoms. The van der Waals surface area contributed by atoms with Crippen LogP contribution >= 0.6 is 0 Å². The highest BCUT2D eigenvalue weighted by Gasteiger charge is 2.18. The van der Waals surface area contributed by atoms with E-state index in [0.29, 0.717) is 0 Å². The van der Waals surface area contributed by atoms with Crippen LogP contribution in [0.15, 0.2) is 41.2 Å². The summed E-state index contributed by atoms with van der Waals surface area (Å²) in [5.41, 5.74) is -0.1000. The molecule has 0 bridgehead atoms. The van der Waals surface area contributed by atoms with Gasteiger partial charge in [-0.05, 0) is 5.56 Å². The molecule has 0 spiro atoms. The molecule has 126 valence electrons. The van der Waals surface area contributed by atoms with Gasteiger partial charge < -0.3 is 24.3 Å². The lowest BCUT2D eigenvalue weighted by Crippen LogP contribution is -2.20. The molecule has 1 aromatic carbocycles. The Kier molecular flexibility index (Phi) is 5.56. The molecule has 2 N–H and O–H groups in total. The number of pyridine rings is 1. The Bertz CT molecular complexity index is 783. The Morgan fingerprint density at radius 3 is 2.50 bits per heavy atom. The highest BCUT2D eigenvalue weighted by Crippen LogP contribution is 2.24. The van der Waals surface area contributed by atoms with E-state index < -0.39 is 24.1 Å². The van der Waals surface area contributed by atoms with E-state index in [1.165, 1.54) is 13.2 Å². The maximum atomic E-state index is 12.0. The molecule has 0 amide bonds. The Labute approximate surface area is 136 Å². The number of aromatic amines is 1. The summed E-state index contributed by atoms with van der Waals surface area (Å²) >= 11 is 0. The van der Waals surface area contributed by atoms with E-state index in [1.807, 2.05) is 30.3 Å². The van der Waals surface area contributed by atoms with Crippen LogP contribution in [0.4, 0.5) is 0 Å². The Hall–Kier alpha value is -3.29. The molecule has 0 saturated heterocycles. The largest absolute Gasteiger partial charge is 0.485 e. The van der Waals surface area contributed by atoms with Crippen molar-refractivity contribution in [1.29, 1.82) is 0 Å². The summed E-state index contributed by atoms with van der Waals surface area (Å²) in [6.45, 7) is -0.614. The topological polar surface area (TPSA) is 115 Å². The van der Waals surface area contributed by atoms with E-state index in [0.717, 1.165) is 5.56 Å². The van der Waals surface area contributed by atoms with Crippen molar-refractivity contribution < 1.29 is 28.9 Å². The molecular formula is C16H15NO7. The molecule has 0 aliphatic rings. The van der Waals surface area contributed by atoms with Crippen molar-refractivity contribution >= 4 is 11.9 Å². The lowest BCUT2D eigenvalue weighted by Gasteiger charge is -2.12. The summed E-state index contributed by atoms with van der Waals surface area (Å²) in [5.74, 6) is -2.38. The summed E-state index contributed by atoms with van der Waals surface area (Å²) in [7, 11) is 1.17. The first-order chi connectivity index (χ1) is 11.5. The number of carboxylic acid groups (broad SMARTS) is 1. The van der Waals surface area contributed by atoms with Gasteiger partial charge in [0, 0.05) is 6.07 Å². The third kappa shape index (κ3) is 4.35. The van der Waals surface area contributed by atoms with Gasteiger partial charge in [0.1, 0.15) is 12.3 Å². The highest BCUT2D eigenvalue weighted by molar-refractivity contribution is 5.87. The lowest BCUT2D eigenvalue weighted by molar-refractivity contribution is -0.139. The summed E-state index contributed by atoms with van der Waals surface area (Å²) < 4.78 is 15.0. The van der Waals surface area contributed by atoms with Gasteiger partial charge in [-0.1, -0.05) is 30.3 Å². The SMILES string of the molecule is COC(=O)c1cc(OCc2ccccc2)c(OCC(=O)O)c(=O)[nH]1. The minimum absolute atomic E-state index is 0.0516. The fourth-order valence-corrected chi connectivity index (χ4v) is 1.86. The fourth-order valence-electron chi connectivity index (χ4n) is 1.86. The van der Waals surface area contributed by atoms with Crippen molar-refractivity contribution in [1.82, 2.24) is 4.98 Å². The second-order valence-corrected chi connectivity index (χ2v) is 4.65. The first-order valence-corrected chi connectivity index (χ1v) is 6.88. The number of rotatable bonds is 7. The van der Waals surface area contributed by atoms with Gasteiger partial charge in [-0.3, -0.25) is 4.79 Å². The first kappa shape index (κ1) is 17.1. The number of carboxylic acids is 1. The minimum Gasteiger partial charge on any atom is -0.485 e. The monoisotopic (exact) mass is 333 g/mol. The number of methoxy groups -OCH3 is 1. The van der Waals surface area contributed by atoms with Gasteiger partial charge >= 0.3 is 11.9 Å². The fraction of sp³-hybridized carbons (Fsp3) is 0.188. The highest BCUT2D eigenvalue weighted by atomic mass is 16.5. The molecule has 8 nitrogen and oxygen atoms in total. The summed E-state index contributed by atoms with van der Waals surface area (Å²) in [6.07, 6.45) is 0. The van der Waals surface area contributed by atoms with Gasteiger partial charge in [0.2, 0.25) is 5.75 Å². The van der Waals surface area contributed by atoms with Crippen molar-refractivity contribution in [2.24, 2.45) is 0 Å². The molecule has 2 rings (SSSR count). The summed E-state index contributed by atoms with van der Waals surface area (Å²) in [6, 6.07) is 10.3. The third-order valence-electron chi connectivity index (χ3n) is 2.94. The normalized spacial score (nSPS) is 10.0. The standard InChI is InChI=1S/C16H15NO7/c1-22-16(21)11-7-12(23-8-10-5-3-2-4-6-10)14(15(20)17-11)24-9-13(18)19/h2-7H,8-9H2,1H3,(H,17,20)(H,18,19). The van der Waals surface area contributed by atoms with E-state index >= 15 is 0 Å². The predicted octanol–water partition coefficient (Wildman–Crippen LogP) is 1.20. The van der Waals surface area contributed by atoms with Crippen LogP contribution in [0.5, 0.6) is 11.5 Å². The Morgan fingerprint density at radius 1 is 1.17 bits per heavy atom. The van der Waals surface area contributed by atoms with Gasteiger partial charge in [0.25, 0.3) is 5.56 Å². The van der Waals surface area contributed by atoms with Crippen LogP contribution in [0.3, 0.4) is 0 Å². The van der Waals surface area contributed by atoms with Crippen LogP contribution in [0.25, 0.3) is 0 Å². The van der Waals surface area contributed by atoms with E-state index in [2.05, 4.69) is 9.72 Å². The minimum atomic E-state index is -1.25. The number of hydrogen-bond acceptors (Lipinski definition) is 6. The van der Waals surface area contributed by atoms with Crippen molar-refractivity contribution in [2.45, 2.75) is 6.61 Å². The smallest absolute Gasteiger partial charge is 0.354 e. The third-order valence-corrected chi connectivity index (χ3v) is 2.94. The van der Waals surface area contributed by atoms with E-state index in [9.17, 15) is 14.4 Å². The molecule has 0 fully saturated rings. The van der Waals surface area contributed by atoms with Crippen LogP contribution in [0.1, 0.15) is 16.1 Å². The molecule has 0 saturated carbocycles. The van der Waals surface area contributed by atoms with Crippen molar-refractivity contribution in [3.8, 4) is 11.5 Å². The zero-order valence-electron chi connectivity index (χ0n) is 12.8. The molecule has 2 aromatic rings. The summed E-state index contributed by atoms with van der Waals surface area (Å²) in [5, 5.41) is 8.69. The second-order valence-electron chi connectivity index (χ2n) is 4.65. The average Bonchev–Trinajstić information content (AvgIpc) is 2.58. The lowest BCUT2D eigenvalue weighted by atomic mass is 10.2. The number of nitrogens with one attached hydrogen (secondary N) is 1. The molecule has 0 aliphatic heterocycles. The molecule has 0 atom stereocenters. The molecular weight excluding hydrogens is 318 g/mol. The molecule has 8 heteroatoms. The van der Waals surface area contributed by atoms with E-state index in [4.69, 9.17) is 14.6 Å². The van der Waals surface area contributed by atoms with Crippen LogP contribution in [0.2, 0.25) is 0 Å². The Balaban J connectivity index is 2.32. The Morgan fingerprint density at radius 2 is 1.88 bits per heavy atom. The van der Waals surface area contributed by atoms with Crippen LogP contribution < -0.4 is 15.0 Å². The van der Waals surface area contributed by atoms with Crippen LogP contribution in [-0.2, 0) is 16.1 Å². The number of carbonyl (C=O) groups excluding carboxylic acids is 1. The maximum Gasteiger partial charge on any atom is 0.354 e. The number of ether oxygens (including phenoxy) is 3. The summed E-state index contributed by atoms with van der Waals surface area (Å²) in [4.78, 5) is 36.5. The molecule has 1 heterocycles. The molecule has 0 unspecified atom stereocenters. The first-order valence-electron chi connectivity index (χ1n) is 6.88. The van der Waals surface area contributed by atoms with Crippen molar-refractivity contribution in [3.05, 3.63) is 58.0 Å². The van der Waals surface area contributed by atoms with Gasteiger partial charge in [0.15, 0.2) is 12.4 Å². The number of hydrogen-bond donors (Lipinski definition) is 2. The number of carbonyl (C=O) groups is 2. The van der Waals surface area contributed by atoms with Gasteiger partial charge in [-0.2, -0.15) is 0 Å². The molecule has 0 aliphatic carbocycles.